The van der Waals surface area contributed by atoms with Crippen LogP contribution >= 0.6 is 23.1 Å². The van der Waals surface area contributed by atoms with E-state index in [1.54, 1.807) is 24.3 Å². The number of hydrogen-bond donors (Lipinski definition) is 2. The van der Waals surface area contributed by atoms with Gasteiger partial charge in [-0.1, -0.05) is 58.6 Å². The summed E-state index contributed by atoms with van der Waals surface area (Å²) in [5, 5.41) is 17.5. The Bertz CT molecular complexity index is 1320. The molecule has 0 spiro atoms. The second-order valence-electron chi connectivity index (χ2n) is 6.96. The largest absolute Gasteiger partial charge is 0.486 e. The van der Waals surface area contributed by atoms with Crippen LogP contribution in [0.1, 0.15) is 10.5 Å². The van der Waals surface area contributed by atoms with E-state index in [0.717, 1.165) is 16.9 Å². The predicted molar refractivity (Wildman–Crippen MR) is 127 cm³/mol. The maximum atomic E-state index is 12.5. The van der Waals surface area contributed by atoms with Crippen molar-refractivity contribution < 1.29 is 23.6 Å². The second kappa shape index (κ2) is 9.93. The zero-order valence-corrected chi connectivity index (χ0v) is 19.1. The second-order valence-corrected chi connectivity index (χ2v) is 9.16. The first-order chi connectivity index (χ1) is 16.6. The van der Waals surface area contributed by atoms with Crippen LogP contribution in [-0.4, -0.2) is 46.1 Å². The molecule has 1 aliphatic heterocycles. The monoisotopic (exact) mass is 495 g/mol. The van der Waals surface area contributed by atoms with E-state index in [-0.39, 0.29) is 17.4 Å². The molecule has 3 heterocycles. The smallest absolute Gasteiger partial charge is 0.279 e. The van der Waals surface area contributed by atoms with Crippen LogP contribution < -0.4 is 20.1 Å². The number of thioether (sulfide) groups is 1. The molecule has 5 rings (SSSR count). The number of carbonyl (C=O) groups excluding carboxylic acids is 2. The third-order valence-corrected chi connectivity index (χ3v) is 6.55. The van der Waals surface area contributed by atoms with E-state index in [4.69, 9.17) is 14.0 Å². The molecule has 0 saturated carbocycles. The zero-order valence-electron chi connectivity index (χ0n) is 17.5. The van der Waals surface area contributed by atoms with Gasteiger partial charge in [-0.2, -0.15) is 0 Å². The maximum Gasteiger partial charge on any atom is 0.279 e. The van der Waals surface area contributed by atoms with Gasteiger partial charge in [0.2, 0.25) is 11.0 Å². The molecule has 0 aliphatic carbocycles. The van der Waals surface area contributed by atoms with Crippen LogP contribution in [0.25, 0.3) is 11.3 Å². The first-order valence-corrected chi connectivity index (χ1v) is 11.9. The van der Waals surface area contributed by atoms with Gasteiger partial charge in [-0.3, -0.25) is 14.9 Å². The van der Waals surface area contributed by atoms with Crippen molar-refractivity contribution in [1.82, 2.24) is 15.4 Å². The van der Waals surface area contributed by atoms with Crippen molar-refractivity contribution in [2.45, 2.75) is 4.34 Å². The van der Waals surface area contributed by atoms with E-state index in [2.05, 4.69) is 26.0 Å². The maximum absolute atomic E-state index is 12.5. The van der Waals surface area contributed by atoms with E-state index in [1.807, 2.05) is 30.3 Å². The Morgan fingerprint density at radius 3 is 2.65 bits per heavy atom. The van der Waals surface area contributed by atoms with Crippen molar-refractivity contribution in [1.29, 1.82) is 0 Å². The highest BCUT2D eigenvalue weighted by Gasteiger charge is 2.17. The van der Waals surface area contributed by atoms with Gasteiger partial charge in [-0.15, -0.1) is 10.2 Å². The number of nitrogens with zero attached hydrogens (tertiary/aromatic N) is 3. The fourth-order valence-electron chi connectivity index (χ4n) is 3.05. The third kappa shape index (κ3) is 5.18. The van der Waals surface area contributed by atoms with Crippen LogP contribution in [0.4, 0.5) is 10.8 Å². The predicted octanol–water partition coefficient (Wildman–Crippen LogP) is 3.95. The van der Waals surface area contributed by atoms with E-state index in [9.17, 15) is 9.59 Å². The van der Waals surface area contributed by atoms with Crippen molar-refractivity contribution >= 4 is 45.7 Å². The summed E-state index contributed by atoms with van der Waals surface area (Å²) in [7, 11) is 0. The fourth-order valence-corrected chi connectivity index (χ4v) is 4.59. The van der Waals surface area contributed by atoms with Gasteiger partial charge < -0.3 is 19.3 Å². The Morgan fingerprint density at radius 1 is 0.971 bits per heavy atom. The molecule has 0 bridgehead atoms. The topological polar surface area (TPSA) is 128 Å². The summed E-state index contributed by atoms with van der Waals surface area (Å²) >= 11 is 2.37. The Morgan fingerprint density at radius 2 is 1.79 bits per heavy atom. The minimum Gasteiger partial charge on any atom is -0.486 e. The van der Waals surface area contributed by atoms with Crippen molar-refractivity contribution in [2.24, 2.45) is 0 Å². The van der Waals surface area contributed by atoms with Gasteiger partial charge in [-0.25, -0.2) is 0 Å². The summed E-state index contributed by atoms with van der Waals surface area (Å²) in [6, 6.07) is 16.1. The molecule has 0 saturated heterocycles. The summed E-state index contributed by atoms with van der Waals surface area (Å²) in [4.78, 5) is 24.8. The quantitative estimate of drug-likeness (QED) is 0.289. The van der Waals surface area contributed by atoms with E-state index < -0.39 is 5.91 Å². The van der Waals surface area contributed by atoms with E-state index in [1.165, 1.54) is 11.8 Å². The number of rotatable bonds is 7. The SMILES string of the molecule is O=C(CSc1nnc(NC(=O)c2cc(-c3ccccc3)on2)s1)Nc1ccc2c(c1)OCCO2. The van der Waals surface area contributed by atoms with Gasteiger partial charge in [0.25, 0.3) is 5.91 Å². The first-order valence-electron chi connectivity index (χ1n) is 10.1. The Kier molecular flexibility index (Phi) is 6.40. The first kappa shape index (κ1) is 21.9. The number of amides is 2. The van der Waals surface area contributed by atoms with E-state index >= 15 is 0 Å². The van der Waals surface area contributed by atoms with Crippen LogP contribution in [-0.2, 0) is 4.79 Å². The molecule has 34 heavy (non-hydrogen) atoms. The molecule has 0 radical (unpaired) electrons. The summed E-state index contributed by atoms with van der Waals surface area (Å²) in [6.07, 6.45) is 0. The van der Waals surface area contributed by atoms with Crippen LogP contribution in [0.15, 0.2) is 63.5 Å². The number of carbonyl (C=O) groups is 2. The Labute approximate surface area is 201 Å². The molecular weight excluding hydrogens is 478 g/mol. The highest BCUT2D eigenvalue weighted by molar-refractivity contribution is 8.01. The summed E-state index contributed by atoms with van der Waals surface area (Å²) in [5.41, 5.74) is 1.56. The van der Waals surface area contributed by atoms with Crippen LogP contribution in [0.3, 0.4) is 0 Å². The molecule has 0 atom stereocenters. The summed E-state index contributed by atoms with van der Waals surface area (Å²) in [6.45, 7) is 0.980. The fraction of sp³-hybridized carbons (Fsp3) is 0.136. The molecule has 2 aromatic heterocycles. The summed E-state index contributed by atoms with van der Waals surface area (Å²) in [5.74, 6) is 1.20. The summed E-state index contributed by atoms with van der Waals surface area (Å²) < 4.78 is 16.8. The van der Waals surface area contributed by atoms with Crippen molar-refractivity contribution in [3.63, 3.8) is 0 Å². The molecule has 2 N–H and O–H groups in total. The number of hydrogen-bond acceptors (Lipinski definition) is 10. The van der Waals surface area contributed by atoms with E-state index in [0.29, 0.717) is 45.6 Å². The zero-order chi connectivity index (χ0) is 23.3. The molecule has 2 aromatic carbocycles. The van der Waals surface area contributed by atoms with Gasteiger partial charge in [0.05, 0.1) is 5.75 Å². The molecule has 0 fully saturated rings. The lowest BCUT2D eigenvalue weighted by molar-refractivity contribution is -0.113. The van der Waals surface area contributed by atoms with Gasteiger partial charge in [0.15, 0.2) is 27.3 Å². The Balaban J connectivity index is 1.13. The molecule has 12 heteroatoms. The average Bonchev–Trinajstić information content (AvgIpc) is 3.53. The highest BCUT2D eigenvalue weighted by Crippen LogP contribution is 2.33. The minimum absolute atomic E-state index is 0.126. The molecule has 0 unspecified atom stereocenters. The minimum atomic E-state index is -0.463. The number of benzene rings is 2. The van der Waals surface area contributed by atoms with Crippen LogP contribution in [0.2, 0.25) is 0 Å². The van der Waals surface area contributed by atoms with Gasteiger partial charge in [0, 0.05) is 23.4 Å². The van der Waals surface area contributed by atoms with Gasteiger partial charge >= 0.3 is 0 Å². The lowest BCUT2D eigenvalue weighted by atomic mass is 10.1. The van der Waals surface area contributed by atoms with Gasteiger partial charge in [-0.05, 0) is 12.1 Å². The van der Waals surface area contributed by atoms with Crippen molar-refractivity contribution in [2.75, 3.05) is 29.6 Å². The molecule has 1 aliphatic rings. The average molecular weight is 496 g/mol. The number of fused-ring (bicyclic) bond motifs is 1. The van der Waals surface area contributed by atoms with Crippen LogP contribution in [0, 0.1) is 0 Å². The lowest BCUT2D eigenvalue weighted by Crippen LogP contribution is -2.17. The molecule has 4 aromatic rings. The number of nitrogens with one attached hydrogen (secondary N) is 2. The molecule has 172 valence electrons. The molecule has 10 nitrogen and oxygen atoms in total. The molecular formula is C22H17N5O5S2. The standard InChI is InChI=1S/C22H17N5O5S2/c28-19(23-14-6-7-16-18(10-14)31-9-8-30-16)12-33-22-26-25-21(34-22)24-20(29)15-11-17(32-27-15)13-4-2-1-3-5-13/h1-7,10-11H,8-9,12H2,(H,23,28)(H,24,25,29). The molecule has 2 amide bonds. The number of anilines is 2. The number of aromatic nitrogens is 3. The van der Waals surface area contributed by atoms with Gasteiger partial charge in [0.1, 0.15) is 13.2 Å². The third-order valence-electron chi connectivity index (χ3n) is 4.58. The normalized spacial score (nSPS) is 12.2. The highest BCUT2D eigenvalue weighted by atomic mass is 32.2. The lowest BCUT2D eigenvalue weighted by Gasteiger charge is -2.18. The Hall–Kier alpha value is -3.90. The van der Waals surface area contributed by atoms with Crippen LogP contribution in [0.5, 0.6) is 11.5 Å². The number of ether oxygens (including phenoxy) is 2. The van der Waals surface area contributed by atoms with Crippen molar-refractivity contribution in [3.05, 3.63) is 60.3 Å². The van der Waals surface area contributed by atoms with Crippen molar-refractivity contribution in [3.8, 4) is 22.8 Å².